The molecule has 0 bridgehead atoms. The van der Waals surface area contributed by atoms with Crippen LogP contribution in [-0.4, -0.2) is 45.7 Å². The molecule has 0 aliphatic carbocycles. The molecule has 1 aliphatic heterocycles. The molecule has 1 aromatic carbocycles. The number of anilines is 2. The Morgan fingerprint density at radius 2 is 1.93 bits per heavy atom. The standard InChI is InChI=1S/C21H31N5S/c1-4-22-21(23-16-17-7-9-19(10-8-17)25(2)3)24-18-11-13-26(14-12-18)20-6-5-15-27-20/h5-10,15,18H,4,11-14,16H2,1-3H3,(H2,22,23,24). The van der Waals surface area contributed by atoms with Crippen molar-refractivity contribution in [2.75, 3.05) is 43.5 Å². The Morgan fingerprint density at radius 1 is 1.19 bits per heavy atom. The molecule has 1 saturated heterocycles. The van der Waals surface area contributed by atoms with Gasteiger partial charge in [-0.3, -0.25) is 0 Å². The summed E-state index contributed by atoms with van der Waals surface area (Å²) in [5.41, 5.74) is 2.44. The van der Waals surface area contributed by atoms with Crippen LogP contribution in [0.2, 0.25) is 0 Å². The maximum Gasteiger partial charge on any atom is 0.191 e. The number of rotatable bonds is 6. The molecule has 0 saturated carbocycles. The van der Waals surface area contributed by atoms with Crippen molar-refractivity contribution >= 4 is 28.0 Å². The Hall–Kier alpha value is -2.21. The molecule has 1 aromatic heterocycles. The van der Waals surface area contributed by atoms with Gasteiger partial charge in [-0.2, -0.15) is 0 Å². The van der Waals surface area contributed by atoms with Gasteiger partial charge in [0.2, 0.25) is 0 Å². The molecule has 0 amide bonds. The molecule has 0 radical (unpaired) electrons. The van der Waals surface area contributed by atoms with Crippen LogP contribution < -0.4 is 20.4 Å². The van der Waals surface area contributed by atoms with Crippen molar-refractivity contribution in [3.8, 4) is 0 Å². The zero-order valence-corrected chi connectivity index (χ0v) is 17.4. The van der Waals surface area contributed by atoms with E-state index >= 15 is 0 Å². The summed E-state index contributed by atoms with van der Waals surface area (Å²) in [6.07, 6.45) is 2.28. The number of piperidine rings is 1. The highest BCUT2D eigenvalue weighted by Crippen LogP contribution is 2.24. The Kier molecular flexibility index (Phi) is 6.98. The average molecular weight is 386 g/mol. The zero-order chi connectivity index (χ0) is 19.1. The second-order valence-corrected chi connectivity index (χ2v) is 8.04. The van der Waals surface area contributed by atoms with Gasteiger partial charge in [0.15, 0.2) is 5.96 Å². The average Bonchev–Trinajstić information content (AvgIpc) is 3.22. The smallest absolute Gasteiger partial charge is 0.191 e. The number of nitrogens with one attached hydrogen (secondary N) is 2. The van der Waals surface area contributed by atoms with Gasteiger partial charge in [0.1, 0.15) is 0 Å². The van der Waals surface area contributed by atoms with E-state index < -0.39 is 0 Å². The van der Waals surface area contributed by atoms with Crippen molar-refractivity contribution in [1.82, 2.24) is 10.6 Å². The lowest BCUT2D eigenvalue weighted by Gasteiger charge is -2.33. The summed E-state index contributed by atoms with van der Waals surface area (Å²) < 4.78 is 0. The summed E-state index contributed by atoms with van der Waals surface area (Å²) in [5, 5.41) is 10.6. The molecular formula is C21H31N5S. The number of hydrogen-bond donors (Lipinski definition) is 2. The second-order valence-electron chi connectivity index (χ2n) is 7.11. The predicted molar refractivity (Wildman–Crippen MR) is 118 cm³/mol. The number of nitrogens with zero attached hydrogens (tertiary/aromatic N) is 3. The maximum atomic E-state index is 4.79. The van der Waals surface area contributed by atoms with Crippen molar-refractivity contribution in [1.29, 1.82) is 0 Å². The van der Waals surface area contributed by atoms with Gasteiger partial charge in [-0.25, -0.2) is 4.99 Å². The summed E-state index contributed by atoms with van der Waals surface area (Å²) >= 11 is 1.83. The molecule has 3 rings (SSSR count). The normalized spacial score (nSPS) is 15.7. The van der Waals surface area contributed by atoms with E-state index in [0.717, 1.165) is 38.4 Å². The fourth-order valence-corrected chi connectivity index (χ4v) is 4.06. The van der Waals surface area contributed by atoms with Crippen LogP contribution >= 0.6 is 11.3 Å². The SMILES string of the molecule is CCNC(=NCc1ccc(N(C)C)cc1)NC1CCN(c2cccs2)CC1. The summed E-state index contributed by atoms with van der Waals surface area (Å²) in [6, 6.07) is 13.4. The van der Waals surface area contributed by atoms with Gasteiger partial charge in [0, 0.05) is 45.5 Å². The van der Waals surface area contributed by atoms with Gasteiger partial charge in [0.25, 0.3) is 0 Å². The van der Waals surface area contributed by atoms with Crippen LogP contribution in [0, 0.1) is 0 Å². The van der Waals surface area contributed by atoms with Crippen LogP contribution in [0.4, 0.5) is 10.7 Å². The van der Waals surface area contributed by atoms with Crippen LogP contribution in [0.5, 0.6) is 0 Å². The number of aliphatic imine (C=N–C) groups is 1. The van der Waals surface area contributed by atoms with Gasteiger partial charge in [-0.15, -0.1) is 11.3 Å². The third kappa shape index (κ3) is 5.63. The monoisotopic (exact) mass is 385 g/mol. The van der Waals surface area contributed by atoms with Crippen LogP contribution in [0.3, 0.4) is 0 Å². The van der Waals surface area contributed by atoms with E-state index in [1.165, 1.54) is 16.3 Å². The van der Waals surface area contributed by atoms with Crippen LogP contribution in [0.1, 0.15) is 25.3 Å². The van der Waals surface area contributed by atoms with Gasteiger partial charge in [0.05, 0.1) is 11.5 Å². The van der Waals surface area contributed by atoms with Crippen molar-refractivity contribution in [3.63, 3.8) is 0 Å². The number of guanidine groups is 1. The third-order valence-corrected chi connectivity index (χ3v) is 5.80. The highest BCUT2D eigenvalue weighted by atomic mass is 32.1. The maximum absolute atomic E-state index is 4.79. The highest BCUT2D eigenvalue weighted by molar-refractivity contribution is 7.14. The number of benzene rings is 1. The van der Waals surface area contributed by atoms with Crippen molar-refractivity contribution < 1.29 is 0 Å². The van der Waals surface area contributed by atoms with Gasteiger partial charge < -0.3 is 20.4 Å². The van der Waals surface area contributed by atoms with E-state index in [0.29, 0.717) is 12.6 Å². The van der Waals surface area contributed by atoms with E-state index in [1.807, 2.05) is 11.3 Å². The largest absolute Gasteiger partial charge is 0.378 e. The first-order valence-electron chi connectivity index (χ1n) is 9.75. The van der Waals surface area contributed by atoms with Gasteiger partial charge in [-0.1, -0.05) is 12.1 Å². The lowest BCUT2D eigenvalue weighted by Crippen LogP contribution is -2.48. The Labute approximate surface area is 167 Å². The first-order valence-corrected chi connectivity index (χ1v) is 10.6. The Bertz CT molecular complexity index is 701. The molecular weight excluding hydrogens is 354 g/mol. The fraction of sp³-hybridized carbons (Fsp3) is 0.476. The van der Waals surface area contributed by atoms with Gasteiger partial charge in [-0.05, 0) is 55.0 Å². The Morgan fingerprint density at radius 3 is 2.52 bits per heavy atom. The van der Waals surface area contributed by atoms with E-state index in [9.17, 15) is 0 Å². The van der Waals surface area contributed by atoms with E-state index in [-0.39, 0.29) is 0 Å². The van der Waals surface area contributed by atoms with Crippen molar-refractivity contribution in [3.05, 3.63) is 47.3 Å². The van der Waals surface area contributed by atoms with Crippen LogP contribution in [0.25, 0.3) is 0 Å². The molecule has 27 heavy (non-hydrogen) atoms. The topological polar surface area (TPSA) is 42.9 Å². The van der Waals surface area contributed by atoms with Crippen LogP contribution in [-0.2, 0) is 6.54 Å². The zero-order valence-electron chi connectivity index (χ0n) is 16.6. The molecule has 2 N–H and O–H groups in total. The molecule has 2 heterocycles. The number of thiophene rings is 1. The molecule has 146 valence electrons. The molecule has 2 aromatic rings. The molecule has 6 heteroatoms. The quantitative estimate of drug-likeness (QED) is 0.590. The van der Waals surface area contributed by atoms with E-state index in [1.54, 1.807) is 0 Å². The second kappa shape index (κ2) is 9.65. The first kappa shape index (κ1) is 19.5. The minimum atomic E-state index is 0.482. The summed E-state index contributed by atoms with van der Waals surface area (Å²) in [5.74, 6) is 0.920. The van der Waals surface area contributed by atoms with E-state index in [2.05, 4.69) is 83.2 Å². The molecule has 0 atom stereocenters. The predicted octanol–water partition coefficient (Wildman–Crippen LogP) is 3.54. The molecule has 1 fully saturated rings. The fourth-order valence-electron chi connectivity index (χ4n) is 3.28. The summed E-state index contributed by atoms with van der Waals surface area (Å²) in [4.78, 5) is 9.39. The minimum absolute atomic E-state index is 0.482. The molecule has 5 nitrogen and oxygen atoms in total. The van der Waals surface area contributed by atoms with Crippen LogP contribution in [0.15, 0.2) is 46.8 Å². The van der Waals surface area contributed by atoms with E-state index in [4.69, 9.17) is 4.99 Å². The summed E-state index contributed by atoms with van der Waals surface area (Å²) in [6.45, 7) is 5.88. The third-order valence-electron chi connectivity index (χ3n) is 4.87. The van der Waals surface area contributed by atoms with Crippen molar-refractivity contribution in [2.24, 2.45) is 4.99 Å². The van der Waals surface area contributed by atoms with Gasteiger partial charge >= 0.3 is 0 Å². The van der Waals surface area contributed by atoms with Crippen molar-refractivity contribution in [2.45, 2.75) is 32.4 Å². The Balaban J connectivity index is 1.53. The lowest BCUT2D eigenvalue weighted by molar-refractivity contribution is 0.463. The number of hydrogen-bond acceptors (Lipinski definition) is 4. The molecule has 0 spiro atoms. The minimum Gasteiger partial charge on any atom is -0.378 e. The lowest BCUT2D eigenvalue weighted by atomic mass is 10.1. The highest BCUT2D eigenvalue weighted by Gasteiger charge is 2.20. The molecule has 1 aliphatic rings. The first-order chi connectivity index (χ1) is 13.2. The summed E-state index contributed by atoms with van der Waals surface area (Å²) in [7, 11) is 4.12. The molecule has 0 unspecified atom stereocenters.